The molecule has 7 heteroatoms. The van der Waals surface area contributed by atoms with Crippen molar-refractivity contribution in [3.05, 3.63) is 17.0 Å². The quantitative estimate of drug-likeness (QED) is 0.761. The van der Waals surface area contributed by atoms with Gasteiger partial charge in [-0.2, -0.15) is 0 Å². The van der Waals surface area contributed by atoms with Gasteiger partial charge >= 0.3 is 0 Å². The van der Waals surface area contributed by atoms with Gasteiger partial charge in [0.15, 0.2) is 0 Å². The molecule has 0 saturated carbocycles. The average Bonchev–Trinajstić information content (AvgIpc) is 2.75. The number of nitrogens with one attached hydrogen (secondary N) is 1. The zero-order valence-corrected chi connectivity index (χ0v) is 14.2. The Bertz CT molecular complexity index is 499. The van der Waals surface area contributed by atoms with Gasteiger partial charge < -0.3 is 10.6 Å². The van der Waals surface area contributed by atoms with Crippen LogP contribution in [0.25, 0.3) is 0 Å². The molecular weight excluding hydrogens is 294 g/mol. The average molecular weight is 319 g/mol. The highest BCUT2D eigenvalue weighted by atomic mass is 32.2. The zero-order valence-electron chi connectivity index (χ0n) is 12.6. The Morgan fingerprint density at radius 2 is 2.05 bits per heavy atom. The van der Waals surface area contributed by atoms with Gasteiger partial charge in [0.2, 0.25) is 10.0 Å². The second-order valence-electron chi connectivity index (χ2n) is 5.69. The summed E-state index contributed by atoms with van der Waals surface area (Å²) < 4.78 is 27.9. The zero-order chi connectivity index (χ0) is 15.3. The normalized spacial score (nSPS) is 14.2. The van der Waals surface area contributed by atoms with Crippen LogP contribution in [-0.4, -0.2) is 40.0 Å². The van der Waals surface area contributed by atoms with E-state index in [4.69, 9.17) is 5.73 Å². The first kappa shape index (κ1) is 17.6. The van der Waals surface area contributed by atoms with Gasteiger partial charge in [0.25, 0.3) is 0 Å². The first-order valence-electron chi connectivity index (χ1n) is 6.69. The van der Waals surface area contributed by atoms with Gasteiger partial charge in [0, 0.05) is 19.1 Å². The lowest BCUT2D eigenvalue weighted by Crippen LogP contribution is -2.42. The molecule has 1 aromatic rings. The summed E-state index contributed by atoms with van der Waals surface area (Å²) in [7, 11) is 0.434. The summed E-state index contributed by atoms with van der Waals surface area (Å²) >= 11 is 1.22. The SMILES string of the molecule is CC(C)CC(CN(C)C)NS(=O)(=O)c1cc(CN)cs1. The molecule has 116 valence electrons. The molecular formula is C13H25N3O2S2. The van der Waals surface area contributed by atoms with Crippen LogP contribution in [0.2, 0.25) is 0 Å². The Morgan fingerprint density at radius 1 is 1.40 bits per heavy atom. The standard InChI is InChI=1S/C13H25N3O2S2/c1-10(2)5-12(8-16(3)4)15-20(17,18)13-6-11(7-14)9-19-13/h6,9-10,12,15H,5,7-8,14H2,1-4H3. The Hall–Kier alpha value is -0.470. The fourth-order valence-corrected chi connectivity index (χ4v) is 4.53. The van der Waals surface area contributed by atoms with Gasteiger partial charge in [0.1, 0.15) is 4.21 Å². The Kier molecular flexibility index (Phi) is 6.60. The Balaban J connectivity index is 2.84. The molecule has 0 spiro atoms. The number of nitrogens with two attached hydrogens (primary N) is 1. The second kappa shape index (κ2) is 7.51. The number of nitrogens with zero attached hydrogens (tertiary/aromatic N) is 1. The summed E-state index contributed by atoms with van der Waals surface area (Å²) in [5, 5.41) is 1.79. The number of rotatable bonds is 8. The van der Waals surface area contributed by atoms with E-state index in [0.717, 1.165) is 12.0 Å². The minimum atomic E-state index is -3.45. The first-order chi connectivity index (χ1) is 9.24. The molecule has 0 amide bonds. The maximum Gasteiger partial charge on any atom is 0.250 e. The lowest BCUT2D eigenvalue weighted by Gasteiger charge is -2.23. The molecule has 3 N–H and O–H groups in total. The van der Waals surface area contributed by atoms with E-state index in [9.17, 15) is 8.42 Å². The van der Waals surface area contributed by atoms with E-state index in [1.807, 2.05) is 19.0 Å². The molecule has 5 nitrogen and oxygen atoms in total. The third kappa shape index (κ3) is 5.49. The van der Waals surface area contributed by atoms with Crippen LogP contribution in [0.5, 0.6) is 0 Å². The van der Waals surface area contributed by atoms with Crippen LogP contribution in [0.1, 0.15) is 25.8 Å². The van der Waals surface area contributed by atoms with Crippen LogP contribution in [0.15, 0.2) is 15.7 Å². The molecule has 1 atom stereocenters. The van der Waals surface area contributed by atoms with Crippen molar-refractivity contribution in [2.75, 3.05) is 20.6 Å². The Morgan fingerprint density at radius 3 is 2.50 bits per heavy atom. The van der Waals surface area contributed by atoms with Crippen molar-refractivity contribution in [1.82, 2.24) is 9.62 Å². The molecule has 0 saturated heterocycles. The van der Waals surface area contributed by atoms with E-state index >= 15 is 0 Å². The van der Waals surface area contributed by atoms with E-state index in [-0.39, 0.29) is 6.04 Å². The lowest BCUT2D eigenvalue weighted by molar-refractivity contribution is 0.329. The summed E-state index contributed by atoms with van der Waals surface area (Å²) in [6.45, 7) is 5.23. The molecule has 1 heterocycles. The minimum absolute atomic E-state index is 0.0848. The topological polar surface area (TPSA) is 75.4 Å². The molecule has 0 aliphatic carbocycles. The van der Waals surface area contributed by atoms with E-state index in [0.29, 0.717) is 23.2 Å². The van der Waals surface area contributed by atoms with E-state index < -0.39 is 10.0 Å². The number of hydrogen-bond acceptors (Lipinski definition) is 5. The summed E-state index contributed by atoms with van der Waals surface area (Å²) in [4.78, 5) is 2.00. The van der Waals surface area contributed by atoms with E-state index in [2.05, 4.69) is 18.6 Å². The summed E-state index contributed by atoms with van der Waals surface area (Å²) in [6, 6.07) is 1.56. The molecule has 0 fully saturated rings. The number of thiophene rings is 1. The molecule has 0 aliphatic rings. The van der Waals surface area contributed by atoms with Crippen molar-refractivity contribution in [2.45, 2.75) is 37.1 Å². The van der Waals surface area contributed by atoms with Crippen LogP contribution < -0.4 is 10.5 Å². The maximum atomic E-state index is 12.4. The number of hydrogen-bond donors (Lipinski definition) is 2. The molecule has 0 aliphatic heterocycles. The predicted octanol–water partition coefficient (Wildman–Crippen LogP) is 1.46. The van der Waals surface area contributed by atoms with Crippen LogP contribution in [0, 0.1) is 5.92 Å². The highest BCUT2D eigenvalue weighted by Crippen LogP contribution is 2.21. The highest BCUT2D eigenvalue weighted by molar-refractivity contribution is 7.91. The first-order valence-corrected chi connectivity index (χ1v) is 9.05. The van der Waals surface area contributed by atoms with Crippen molar-refractivity contribution in [3.8, 4) is 0 Å². The molecule has 0 radical (unpaired) electrons. The van der Waals surface area contributed by atoms with Crippen molar-refractivity contribution < 1.29 is 8.42 Å². The van der Waals surface area contributed by atoms with Crippen LogP contribution in [-0.2, 0) is 16.6 Å². The molecule has 1 unspecified atom stereocenters. The van der Waals surface area contributed by atoms with Gasteiger partial charge in [-0.05, 0) is 43.4 Å². The van der Waals surface area contributed by atoms with E-state index in [1.165, 1.54) is 11.3 Å². The predicted molar refractivity (Wildman–Crippen MR) is 84.3 cm³/mol. The van der Waals surface area contributed by atoms with Crippen LogP contribution in [0.4, 0.5) is 0 Å². The third-order valence-corrected chi connectivity index (χ3v) is 5.80. The van der Waals surface area contributed by atoms with Crippen LogP contribution in [0.3, 0.4) is 0 Å². The minimum Gasteiger partial charge on any atom is -0.326 e. The highest BCUT2D eigenvalue weighted by Gasteiger charge is 2.22. The molecule has 1 rings (SSSR count). The molecule has 0 bridgehead atoms. The largest absolute Gasteiger partial charge is 0.326 e. The van der Waals surface area contributed by atoms with Crippen molar-refractivity contribution >= 4 is 21.4 Å². The molecule has 0 aromatic carbocycles. The number of sulfonamides is 1. The van der Waals surface area contributed by atoms with Crippen molar-refractivity contribution in [1.29, 1.82) is 0 Å². The van der Waals surface area contributed by atoms with Gasteiger partial charge in [0.05, 0.1) is 0 Å². The van der Waals surface area contributed by atoms with Crippen LogP contribution >= 0.6 is 11.3 Å². The van der Waals surface area contributed by atoms with Gasteiger partial charge in [-0.15, -0.1) is 11.3 Å². The molecule has 20 heavy (non-hydrogen) atoms. The van der Waals surface area contributed by atoms with Gasteiger partial charge in [-0.3, -0.25) is 0 Å². The second-order valence-corrected chi connectivity index (χ2v) is 8.54. The van der Waals surface area contributed by atoms with Crippen molar-refractivity contribution in [3.63, 3.8) is 0 Å². The van der Waals surface area contributed by atoms with E-state index in [1.54, 1.807) is 11.4 Å². The Labute approximate surface area is 126 Å². The van der Waals surface area contributed by atoms with Gasteiger partial charge in [-0.1, -0.05) is 13.8 Å². The monoisotopic (exact) mass is 319 g/mol. The fraction of sp³-hybridized carbons (Fsp3) is 0.692. The summed E-state index contributed by atoms with van der Waals surface area (Å²) in [5.41, 5.74) is 6.37. The maximum absolute atomic E-state index is 12.4. The van der Waals surface area contributed by atoms with Crippen molar-refractivity contribution in [2.24, 2.45) is 11.7 Å². The lowest BCUT2D eigenvalue weighted by atomic mass is 10.0. The summed E-state index contributed by atoms with van der Waals surface area (Å²) in [5.74, 6) is 0.436. The third-order valence-electron chi connectivity index (χ3n) is 2.79. The smallest absolute Gasteiger partial charge is 0.250 e. The summed E-state index contributed by atoms with van der Waals surface area (Å²) in [6.07, 6.45) is 0.812. The molecule has 1 aromatic heterocycles. The fourth-order valence-electron chi connectivity index (χ4n) is 2.05. The number of likely N-dealkylation sites (N-methyl/N-ethyl adjacent to an activating group) is 1. The van der Waals surface area contributed by atoms with Gasteiger partial charge in [-0.25, -0.2) is 13.1 Å².